The first kappa shape index (κ1) is 21.4. The predicted molar refractivity (Wildman–Crippen MR) is 125 cm³/mol. The summed E-state index contributed by atoms with van der Waals surface area (Å²) in [5, 5.41) is 0.338. The number of aryl methyl sites for hydroxylation is 1. The van der Waals surface area contributed by atoms with Crippen molar-refractivity contribution in [2.75, 3.05) is 0 Å². The molecule has 0 fully saturated rings. The van der Waals surface area contributed by atoms with Crippen LogP contribution >= 0.6 is 0 Å². The summed E-state index contributed by atoms with van der Waals surface area (Å²) >= 11 is 0. The second-order valence-electron chi connectivity index (χ2n) is 8.69. The lowest BCUT2D eigenvalue weighted by atomic mass is 9.87. The van der Waals surface area contributed by atoms with Gasteiger partial charge in [0.05, 0.1) is 11.6 Å². The van der Waals surface area contributed by atoms with Gasteiger partial charge in [0.1, 0.15) is 5.58 Å². The number of benzene rings is 2. The summed E-state index contributed by atoms with van der Waals surface area (Å²) in [6, 6.07) is 16.5. The van der Waals surface area contributed by atoms with E-state index in [4.69, 9.17) is 13.6 Å². The molecule has 162 valence electrons. The van der Waals surface area contributed by atoms with Gasteiger partial charge < -0.3 is 13.6 Å². The van der Waals surface area contributed by atoms with E-state index in [0.717, 1.165) is 11.1 Å². The molecule has 0 saturated carbocycles. The third-order valence-corrected chi connectivity index (χ3v) is 5.14. The summed E-state index contributed by atoms with van der Waals surface area (Å²) < 4.78 is 16.7. The highest BCUT2D eigenvalue weighted by atomic mass is 16.5. The maximum atomic E-state index is 13.1. The Hall–Kier alpha value is -3.86. The molecule has 0 unspecified atom stereocenters. The Morgan fingerprint density at radius 1 is 1.03 bits per heavy atom. The minimum absolute atomic E-state index is 0.0475. The van der Waals surface area contributed by atoms with Crippen molar-refractivity contribution in [1.29, 1.82) is 0 Å². The topological polar surface area (TPSA) is 69.7 Å². The fourth-order valence-electron chi connectivity index (χ4n) is 3.35. The van der Waals surface area contributed by atoms with E-state index in [2.05, 4.69) is 20.8 Å². The van der Waals surface area contributed by atoms with Gasteiger partial charge in [-0.25, -0.2) is 4.79 Å². The Morgan fingerprint density at radius 2 is 1.78 bits per heavy atom. The van der Waals surface area contributed by atoms with Gasteiger partial charge in [0.25, 0.3) is 0 Å². The summed E-state index contributed by atoms with van der Waals surface area (Å²) in [6.07, 6.45) is 4.40. The number of ether oxygens (including phenoxy) is 1. The first-order chi connectivity index (χ1) is 15.2. The maximum absolute atomic E-state index is 13.1. The summed E-state index contributed by atoms with van der Waals surface area (Å²) in [5.41, 5.74) is 2.95. The summed E-state index contributed by atoms with van der Waals surface area (Å²) in [6.45, 7) is 8.30. The second-order valence-corrected chi connectivity index (χ2v) is 8.69. The molecule has 0 aliphatic heterocycles. The van der Waals surface area contributed by atoms with Gasteiger partial charge >= 0.3 is 5.97 Å². The molecule has 4 aromatic rings. The lowest BCUT2D eigenvalue weighted by Crippen LogP contribution is -2.14. The SMILES string of the molecule is Cc1ccc2oc(-c3ccco3)c(OC(=O)C=Cc3ccc(C(C)(C)C)cc3)c(=O)c2c1. The summed E-state index contributed by atoms with van der Waals surface area (Å²) in [5.74, 6) is -0.505. The zero-order valence-corrected chi connectivity index (χ0v) is 18.5. The fourth-order valence-corrected chi connectivity index (χ4v) is 3.35. The van der Waals surface area contributed by atoms with Crippen LogP contribution in [0.1, 0.15) is 37.5 Å². The molecule has 0 spiro atoms. The van der Waals surface area contributed by atoms with E-state index < -0.39 is 11.4 Å². The van der Waals surface area contributed by atoms with Gasteiger partial charge in [-0.3, -0.25) is 4.79 Å². The van der Waals surface area contributed by atoms with Crippen LogP contribution in [0.2, 0.25) is 0 Å². The van der Waals surface area contributed by atoms with E-state index in [1.165, 1.54) is 17.9 Å². The quantitative estimate of drug-likeness (QED) is 0.283. The number of esters is 1. The van der Waals surface area contributed by atoms with Crippen molar-refractivity contribution in [2.45, 2.75) is 33.1 Å². The van der Waals surface area contributed by atoms with Gasteiger partial charge in [0, 0.05) is 6.08 Å². The van der Waals surface area contributed by atoms with Gasteiger partial charge in [-0.1, -0.05) is 56.7 Å². The minimum atomic E-state index is -0.683. The first-order valence-electron chi connectivity index (χ1n) is 10.3. The molecule has 4 rings (SSSR count). The number of carbonyl (C=O) groups is 1. The first-order valence-corrected chi connectivity index (χ1v) is 10.3. The highest BCUT2D eigenvalue weighted by Gasteiger charge is 2.21. The Kier molecular flexibility index (Phi) is 5.57. The van der Waals surface area contributed by atoms with Crippen LogP contribution in [0.25, 0.3) is 28.6 Å². The van der Waals surface area contributed by atoms with Crippen molar-refractivity contribution in [3.63, 3.8) is 0 Å². The highest BCUT2D eigenvalue weighted by Crippen LogP contribution is 2.31. The molecule has 2 aromatic heterocycles. The Labute approximate surface area is 185 Å². The molecule has 0 aliphatic rings. The molecule has 0 amide bonds. The average molecular weight is 428 g/mol. The van der Waals surface area contributed by atoms with E-state index in [1.54, 1.807) is 30.3 Å². The molecule has 0 saturated heterocycles. The molecule has 0 aliphatic carbocycles. The zero-order valence-electron chi connectivity index (χ0n) is 18.5. The number of hydrogen-bond donors (Lipinski definition) is 0. The number of furan rings is 1. The summed E-state index contributed by atoms with van der Waals surface area (Å²) in [4.78, 5) is 25.7. The van der Waals surface area contributed by atoms with Crippen LogP contribution in [0, 0.1) is 6.92 Å². The van der Waals surface area contributed by atoms with E-state index >= 15 is 0 Å². The molecule has 2 aromatic carbocycles. The molecule has 0 atom stereocenters. The van der Waals surface area contributed by atoms with E-state index in [9.17, 15) is 9.59 Å². The standard InChI is InChI=1S/C27H24O5/c1-17-7-13-21-20(16-17)24(29)26(25(31-21)22-6-5-15-30-22)32-23(28)14-10-18-8-11-19(12-9-18)27(2,3)4/h5-16H,1-4H3. The number of carbonyl (C=O) groups excluding carboxylic acids is 1. The Balaban J connectivity index is 1.66. The molecule has 0 N–H and O–H groups in total. The van der Waals surface area contributed by atoms with Crippen molar-refractivity contribution < 1.29 is 18.4 Å². The monoisotopic (exact) mass is 428 g/mol. The van der Waals surface area contributed by atoms with Gasteiger partial charge in [-0.05, 0) is 53.8 Å². The van der Waals surface area contributed by atoms with Gasteiger partial charge in [-0.2, -0.15) is 0 Å². The minimum Gasteiger partial charge on any atom is -0.461 e. The highest BCUT2D eigenvalue weighted by molar-refractivity contribution is 5.90. The van der Waals surface area contributed by atoms with Crippen molar-refractivity contribution in [2.24, 2.45) is 0 Å². The van der Waals surface area contributed by atoms with Crippen LogP contribution in [0.3, 0.4) is 0 Å². The van der Waals surface area contributed by atoms with Gasteiger partial charge in [-0.15, -0.1) is 0 Å². The number of rotatable bonds is 4. The van der Waals surface area contributed by atoms with E-state index in [0.29, 0.717) is 16.7 Å². The molecular formula is C27H24O5. The predicted octanol–water partition coefficient (Wildman–Crippen LogP) is 6.28. The van der Waals surface area contributed by atoms with Crippen molar-refractivity contribution in [1.82, 2.24) is 0 Å². The average Bonchev–Trinajstić information content (AvgIpc) is 3.29. The third-order valence-electron chi connectivity index (χ3n) is 5.14. The molecule has 0 bridgehead atoms. The van der Waals surface area contributed by atoms with Crippen LogP contribution in [-0.2, 0) is 10.2 Å². The van der Waals surface area contributed by atoms with Crippen molar-refractivity contribution in [3.05, 3.63) is 93.9 Å². The van der Waals surface area contributed by atoms with Crippen LogP contribution < -0.4 is 10.2 Å². The van der Waals surface area contributed by atoms with Gasteiger partial charge in [0.15, 0.2) is 5.76 Å². The number of fused-ring (bicyclic) bond motifs is 1. The molecule has 5 nitrogen and oxygen atoms in total. The third kappa shape index (κ3) is 4.42. The number of hydrogen-bond acceptors (Lipinski definition) is 5. The van der Waals surface area contributed by atoms with Crippen molar-refractivity contribution in [3.8, 4) is 17.3 Å². The smallest absolute Gasteiger partial charge is 0.336 e. The van der Waals surface area contributed by atoms with Gasteiger partial charge in [0.2, 0.25) is 16.9 Å². The van der Waals surface area contributed by atoms with Crippen LogP contribution in [-0.4, -0.2) is 5.97 Å². The lowest BCUT2D eigenvalue weighted by molar-refractivity contribution is -0.129. The lowest BCUT2D eigenvalue weighted by Gasteiger charge is -2.18. The fraction of sp³-hybridized carbons (Fsp3) is 0.185. The maximum Gasteiger partial charge on any atom is 0.336 e. The molecule has 32 heavy (non-hydrogen) atoms. The summed E-state index contributed by atoms with van der Waals surface area (Å²) in [7, 11) is 0. The molecule has 0 radical (unpaired) electrons. The molecular weight excluding hydrogens is 404 g/mol. The Morgan fingerprint density at radius 3 is 2.44 bits per heavy atom. The van der Waals surface area contributed by atoms with Crippen molar-refractivity contribution >= 4 is 23.0 Å². The van der Waals surface area contributed by atoms with E-state index in [-0.39, 0.29) is 16.9 Å². The van der Waals surface area contributed by atoms with Crippen LogP contribution in [0.4, 0.5) is 0 Å². The Bertz CT molecular complexity index is 1350. The van der Waals surface area contributed by atoms with E-state index in [1.807, 2.05) is 37.3 Å². The van der Waals surface area contributed by atoms with Crippen LogP contribution in [0.15, 0.2) is 80.6 Å². The molecule has 5 heteroatoms. The molecule has 2 heterocycles. The second kappa shape index (κ2) is 8.35. The largest absolute Gasteiger partial charge is 0.461 e. The zero-order chi connectivity index (χ0) is 22.9. The van der Waals surface area contributed by atoms with Crippen LogP contribution in [0.5, 0.6) is 5.75 Å². The normalized spacial score (nSPS) is 11.9.